The van der Waals surface area contributed by atoms with E-state index in [1.165, 1.54) is 13.3 Å². The third kappa shape index (κ3) is 5.70. The molecule has 1 saturated carbocycles. The molecule has 1 fully saturated rings. The van der Waals surface area contributed by atoms with Crippen LogP contribution in [0.3, 0.4) is 0 Å². The molecule has 1 aliphatic rings. The van der Waals surface area contributed by atoms with Crippen LogP contribution in [-0.2, 0) is 4.79 Å². The van der Waals surface area contributed by atoms with E-state index in [1.54, 1.807) is 0 Å². The Bertz CT molecular complexity index is 1130. The van der Waals surface area contributed by atoms with Gasteiger partial charge in [0, 0.05) is 23.5 Å². The summed E-state index contributed by atoms with van der Waals surface area (Å²) in [4.78, 5) is 24.2. The molecule has 0 spiro atoms. The summed E-state index contributed by atoms with van der Waals surface area (Å²) in [6.45, 7) is 2.02. The number of anilines is 3. The van der Waals surface area contributed by atoms with Crippen LogP contribution in [0.2, 0.25) is 5.02 Å². The molecule has 4 rings (SSSR count). The average molecular weight is 468 g/mol. The molecule has 33 heavy (non-hydrogen) atoms. The second-order valence-electron chi connectivity index (χ2n) is 8.23. The second-order valence-corrected chi connectivity index (χ2v) is 8.63. The molecule has 2 aromatic heterocycles. The van der Waals surface area contributed by atoms with E-state index in [1.807, 2.05) is 37.4 Å². The maximum absolute atomic E-state index is 11.1. The van der Waals surface area contributed by atoms with Crippen molar-refractivity contribution >= 4 is 35.0 Å². The summed E-state index contributed by atoms with van der Waals surface area (Å²) in [5.74, 6) is 0.589. The molecule has 1 aromatic carbocycles. The first kappa shape index (κ1) is 22.8. The van der Waals surface area contributed by atoms with Crippen molar-refractivity contribution in [3.63, 3.8) is 0 Å². The van der Waals surface area contributed by atoms with Gasteiger partial charge in [-0.15, -0.1) is 0 Å². The molecule has 9 heteroatoms. The first-order valence-electron chi connectivity index (χ1n) is 10.8. The van der Waals surface area contributed by atoms with Gasteiger partial charge in [0.1, 0.15) is 10.8 Å². The minimum atomic E-state index is -0.690. The lowest BCUT2D eigenvalue weighted by Crippen LogP contribution is -2.29. The molecule has 0 amide bonds. The number of carboxylic acids is 1. The van der Waals surface area contributed by atoms with Crippen LogP contribution in [-0.4, -0.2) is 39.2 Å². The van der Waals surface area contributed by atoms with Crippen molar-refractivity contribution in [1.29, 1.82) is 0 Å². The average Bonchev–Trinajstić information content (AvgIpc) is 2.81. The van der Waals surface area contributed by atoms with E-state index in [0.29, 0.717) is 29.7 Å². The van der Waals surface area contributed by atoms with Crippen molar-refractivity contribution in [1.82, 2.24) is 15.0 Å². The minimum Gasteiger partial charge on any atom is -0.481 e. The van der Waals surface area contributed by atoms with Crippen molar-refractivity contribution in [2.75, 3.05) is 17.7 Å². The van der Waals surface area contributed by atoms with Gasteiger partial charge in [-0.2, -0.15) is 4.98 Å². The highest BCUT2D eigenvalue weighted by Crippen LogP contribution is 2.29. The zero-order valence-corrected chi connectivity index (χ0v) is 19.3. The molecular formula is C24H26ClN5O3. The summed E-state index contributed by atoms with van der Waals surface area (Å²) >= 11 is 6.01. The quantitative estimate of drug-likeness (QED) is 0.429. The number of carboxylic acid groups (broad SMARTS) is 1. The number of halogens is 1. The number of aryl methyl sites for hydroxylation is 1. The Kier molecular flexibility index (Phi) is 6.93. The lowest BCUT2D eigenvalue weighted by Gasteiger charge is -2.27. The SMILES string of the molecule is COc1nc(Nc2cc(C)cc(-c3ccc(NC4CCC(C(=O)O)CC4)nc3)c2)ncc1Cl. The summed E-state index contributed by atoms with van der Waals surface area (Å²) < 4.78 is 5.16. The topological polar surface area (TPSA) is 109 Å². The maximum atomic E-state index is 11.1. The van der Waals surface area contributed by atoms with Gasteiger partial charge in [-0.05, 0) is 68.0 Å². The normalized spacial score (nSPS) is 17.9. The van der Waals surface area contributed by atoms with Crippen molar-refractivity contribution in [2.45, 2.75) is 38.6 Å². The molecule has 0 atom stereocenters. The van der Waals surface area contributed by atoms with Gasteiger partial charge in [0.15, 0.2) is 0 Å². The number of benzene rings is 1. The van der Waals surface area contributed by atoms with E-state index in [4.69, 9.17) is 21.4 Å². The van der Waals surface area contributed by atoms with E-state index < -0.39 is 5.97 Å². The fourth-order valence-electron chi connectivity index (χ4n) is 4.05. The molecule has 0 unspecified atom stereocenters. The van der Waals surface area contributed by atoms with Crippen LogP contribution < -0.4 is 15.4 Å². The van der Waals surface area contributed by atoms with Gasteiger partial charge in [-0.25, -0.2) is 9.97 Å². The molecule has 8 nitrogen and oxygen atoms in total. The van der Waals surface area contributed by atoms with Crippen LogP contribution in [0.15, 0.2) is 42.7 Å². The van der Waals surface area contributed by atoms with Gasteiger partial charge >= 0.3 is 5.97 Å². The number of aliphatic carboxylic acids is 1. The predicted octanol–water partition coefficient (Wildman–Crippen LogP) is 5.31. The number of hydrogen-bond acceptors (Lipinski definition) is 7. The Morgan fingerprint density at radius 3 is 2.55 bits per heavy atom. The second kappa shape index (κ2) is 10.0. The highest BCUT2D eigenvalue weighted by atomic mass is 35.5. The number of methoxy groups -OCH3 is 1. The lowest BCUT2D eigenvalue weighted by atomic mass is 9.86. The third-order valence-electron chi connectivity index (χ3n) is 5.76. The van der Waals surface area contributed by atoms with E-state index >= 15 is 0 Å². The van der Waals surface area contributed by atoms with Gasteiger partial charge in [0.2, 0.25) is 11.8 Å². The Labute approximate surface area is 197 Å². The summed E-state index contributed by atoms with van der Waals surface area (Å²) in [5, 5.41) is 16.1. The smallest absolute Gasteiger partial charge is 0.306 e. The molecule has 0 saturated heterocycles. The molecular weight excluding hydrogens is 442 g/mol. The molecule has 172 valence electrons. The van der Waals surface area contributed by atoms with Gasteiger partial charge in [0.25, 0.3) is 0 Å². The predicted molar refractivity (Wildman–Crippen MR) is 128 cm³/mol. The van der Waals surface area contributed by atoms with Crippen LogP contribution in [0, 0.1) is 12.8 Å². The van der Waals surface area contributed by atoms with Crippen LogP contribution in [0.4, 0.5) is 17.5 Å². The van der Waals surface area contributed by atoms with E-state index in [9.17, 15) is 4.79 Å². The Morgan fingerprint density at radius 1 is 1.09 bits per heavy atom. The first-order chi connectivity index (χ1) is 15.9. The first-order valence-corrected chi connectivity index (χ1v) is 11.2. The number of hydrogen-bond donors (Lipinski definition) is 3. The fraction of sp³-hybridized carbons (Fsp3) is 0.333. The van der Waals surface area contributed by atoms with E-state index in [2.05, 4.69) is 31.7 Å². The maximum Gasteiger partial charge on any atom is 0.306 e. The molecule has 1 aliphatic carbocycles. The number of nitrogens with zero attached hydrogens (tertiary/aromatic N) is 3. The Hall–Kier alpha value is -3.39. The molecule has 0 aliphatic heterocycles. The zero-order valence-electron chi connectivity index (χ0n) is 18.5. The number of nitrogens with one attached hydrogen (secondary N) is 2. The zero-order chi connectivity index (χ0) is 23.4. The number of pyridine rings is 1. The fourth-order valence-corrected chi connectivity index (χ4v) is 4.22. The van der Waals surface area contributed by atoms with Gasteiger partial charge in [-0.1, -0.05) is 17.7 Å². The van der Waals surface area contributed by atoms with Crippen molar-refractivity contribution in [3.8, 4) is 17.0 Å². The van der Waals surface area contributed by atoms with Crippen molar-refractivity contribution in [2.24, 2.45) is 5.92 Å². The van der Waals surface area contributed by atoms with Crippen LogP contribution in [0.25, 0.3) is 11.1 Å². The summed E-state index contributed by atoms with van der Waals surface area (Å²) in [5.41, 5.74) is 3.91. The molecule has 2 heterocycles. The third-order valence-corrected chi connectivity index (χ3v) is 6.02. The Balaban J connectivity index is 1.45. The molecule has 0 bridgehead atoms. The summed E-state index contributed by atoms with van der Waals surface area (Å²) in [7, 11) is 1.51. The van der Waals surface area contributed by atoms with Crippen LogP contribution in [0.1, 0.15) is 31.2 Å². The van der Waals surface area contributed by atoms with Crippen LogP contribution in [0.5, 0.6) is 5.88 Å². The van der Waals surface area contributed by atoms with E-state index in [-0.39, 0.29) is 12.0 Å². The largest absolute Gasteiger partial charge is 0.481 e. The summed E-state index contributed by atoms with van der Waals surface area (Å²) in [6, 6.07) is 10.3. The molecule has 3 aromatic rings. The number of carbonyl (C=O) groups is 1. The minimum absolute atomic E-state index is 0.220. The van der Waals surface area contributed by atoms with Gasteiger partial charge in [0.05, 0.1) is 19.2 Å². The molecule has 0 radical (unpaired) electrons. The highest BCUT2D eigenvalue weighted by molar-refractivity contribution is 6.31. The number of ether oxygens (including phenoxy) is 1. The van der Waals surface area contributed by atoms with Crippen molar-refractivity contribution in [3.05, 3.63) is 53.3 Å². The standard InChI is InChI=1S/C24H26ClN5O3/c1-14-9-17(11-19(10-14)29-24-27-13-20(25)22(30-24)33-2)16-5-8-21(26-12-16)28-18-6-3-15(4-7-18)23(31)32/h5,8-13,15,18H,3-4,6-7H2,1-2H3,(H,26,28)(H,31,32)(H,27,29,30). The lowest BCUT2D eigenvalue weighted by molar-refractivity contribution is -0.142. The molecule has 3 N–H and O–H groups in total. The van der Waals surface area contributed by atoms with Crippen LogP contribution >= 0.6 is 11.6 Å². The van der Waals surface area contributed by atoms with Gasteiger partial charge < -0.3 is 20.5 Å². The van der Waals surface area contributed by atoms with Crippen molar-refractivity contribution < 1.29 is 14.6 Å². The number of rotatable bonds is 7. The van der Waals surface area contributed by atoms with Gasteiger partial charge in [-0.3, -0.25) is 4.79 Å². The van der Waals surface area contributed by atoms with E-state index in [0.717, 1.165) is 41.0 Å². The summed E-state index contributed by atoms with van der Waals surface area (Å²) in [6.07, 6.45) is 6.41. The Morgan fingerprint density at radius 2 is 1.88 bits per heavy atom. The monoisotopic (exact) mass is 467 g/mol. The highest BCUT2D eigenvalue weighted by Gasteiger charge is 2.25. The number of aromatic nitrogens is 3.